The summed E-state index contributed by atoms with van der Waals surface area (Å²) in [6.07, 6.45) is 2.10. The van der Waals surface area contributed by atoms with E-state index in [4.69, 9.17) is 9.47 Å². The molecule has 0 spiro atoms. The fourth-order valence-electron chi connectivity index (χ4n) is 3.88. The second kappa shape index (κ2) is 6.60. The quantitative estimate of drug-likeness (QED) is 0.840. The molecule has 3 rings (SSSR count). The van der Waals surface area contributed by atoms with Gasteiger partial charge in [0.05, 0.1) is 25.3 Å². The maximum atomic E-state index is 12.3. The summed E-state index contributed by atoms with van der Waals surface area (Å²) in [5.41, 5.74) is 4.21. The monoisotopic (exact) mass is 329 g/mol. The maximum Gasteiger partial charge on any atom is 0.309 e. The Bertz CT molecular complexity index is 747. The van der Waals surface area contributed by atoms with Gasteiger partial charge in [-0.15, -0.1) is 0 Å². The first-order valence-electron chi connectivity index (χ1n) is 8.96. The number of carbonyl (C=O) groups is 1. The fourth-order valence-corrected chi connectivity index (χ4v) is 3.88. The van der Waals surface area contributed by atoms with Crippen LogP contribution in [0.15, 0.2) is 18.2 Å². The first-order valence-corrected chi connectivity index (χ1v) is 8.96. The summed E-state index contributed by atoms with van der Waals surface area (Å²) in [5.74, 6) is -0.0347. The third kappa shape index (κ3) is 2.63. The van der Waals surface area contributed by atoms with Gasteiger partial charge in [0.2, 0.25) is 0 Å². The molecule has 1 aliphatic rings. The van der Waals surface area contributed by atoms with E-state index in [2.05, 4.69) is 44.0 Å². The van der Waals surface area contributed by atoms with Gasteiger partial charge in [-0.25, -0.2) is 0 Å². The zero-order valence-corrected chi connectivity index (χ0v) is 15.1. The van der Waals surface area contributed by atoms with Crippen LogP contribution >= 0.6 is 0 Å². The number of esters is 1. The van der Waals surface area contributed by atoms with Crippen molar-refractivity contribution in [2.24, 2.45) is 5.92 Å². The van der Waals surface area contributed by atoms with Crippen LogP contribution in [0, 0.1) is 5.92 Å². The second-order valence-corrected chi connectivity index (χ2v) is 6.80. The molecule has 24 heavy (non-hydrogen) atoms. The number of fused-ring (bicyclic) bond motifs is 3. The lowest BCUT2D eigenvalue weighted by Crippen LogP contribution is -2.42. The van der Waals surface area contributed by atoms with Crippen LogP contribution in [-0.4, -0.2) is 24.2 Å². The lowest BCUT2D eigenvalue weighted by atomic mass is 9.80. The average Bonchev–Trinajstić information content (AvgIpc) is 2.95. The predicted octanol–water partition coefficient (Wildman–Crippen LogP) is 4.11. The van der Waals surface area contributed by atoms with Gasteiger partial charge >= 0.3 is 5.97 Å². The van der Waals surface area contributed by atoms with Gasteiger partial charge < -0.3 is 14.5 Å². The first-order chi connectivity index (χ1) is 11.5. The normalized spacial score (nSPS) is 20.4. The number of hydrogen-bond donors (Lipinski definition) is 1. The molecule has 0 aliphatic carbocycles. The number of aromatic amines is 1. The number of aromatic nitrogens is 1. The summed E-state index contributed by atoms with van der Waals surface area (Å²) in [6.45, 7) is 9.25. The molecular formula is C20H27NO3. The van der Waals surface area contributed by atoms with E-state index in [9.17, 15) is 4.79 Å². The topological polar surface area (TPSA) is 51.3 Å². The number of carbonyl (C=O) groups excluding carboxylic acids is 1. The molecule has 4 heteroatoms. The third-order valence-corrected chi connectivity index (χ3v) is 5.19. The molecule has 1 atom stereocenters. The van der Waals surface area contributed by atoms with Gasteiger partial charge in [-0.3, -0.25) is 4.79 Å². The number of aryl methyl sites for hydroxylation is 1. The van der Waals surface area contributed by atoms with Crippen molar-refractivity contribution in [2.75, 3.05) is 13.2 Å². The number of nitrogens with one attached hydrogen (secondary N) is 1. The maximum absolute atomic E-state index is 12.3. The molecule has 1 aromatic heterocycles. The Hall–Kier alpha value is -1.81. The lowest BCUT2D eigenvalue weighted by Gasteiger charge is -2.40. The van der Waals surface area contributed by atoms with Crippen molar-refractivity contribution < 1.29 is 14.3 Å². The van der Waals surface area contributed by atoms with Crippen molar-refractivity contribution >= 4 is 16.9 Å². The van der Waals surface area contributed by atoms with E-state index in [1.54, 1.807) is 0 Å². The molecule has 1 unspecified atom stereocenters. The highest BCUT2D eigenvalue weighted by Gasteiger charge is 2.45. The van der Waals surface area contributed by atoms with Gasteiger partial charge in [0.25, 0.3) is 0 Å². The molecule has 0 radical (unpaired) electrons. The minimum absolute atomic E-state index is 0.166. The standard InChI is InChI=1S/C20H27NO3/c1-5-14-8-7-9-15-16-10-11-24-20(13(3)4,12-17(22)23-6-2)19(16)21-18(14)15/h7-9,13,21H,5-6,10-12H2,1-4H3. The summed E-state index contributed by atoms with van der Waals surface area (Å²) in [4.78, 5) is 15.9. The number of H-pyrrole nitrogens is 1. The minimum Gasteiger partial charge on any atom is -0.466 e. The Morgan fingerprint density at radius 1 is 1.38 bits per heavy atom. The van der Waals surface area contributed by atoms with Crippen LogP contribution in [-0.2, 0) is 32.7 Å². The molecule has 0 saturated carbocycles. The van der Waals surface area contributed by atoms with Gasteiger partial charge in [0.1, 0.15) is 5.60 Å². The van der Waals surface area contributed by atoms with E-state index >= 15 is 0 Å². The van der Waals surface area contributed by atoms with Gasteiger partial charge in [-0.1, -0.05) is 39.0 Å². The molecular weight excluding hydrogens is 302 g/mol. The predicted molar refractivity (Wildman–Crippen MR) is 95.1 cm³/mol. The van der Waals surface area contributed by atoms with Crippen molar-refractivity contribution in [1.82, 2.24) is 4.98 Å². The Labute approximate surface area is 143 Å². The summed E-state index contributed by atoms with van der Waals surface area (Å²) in [7, 11) is 0. The zero-order valence-electron chi connectivity index (χ0n) is 15.1. The molecule has 1 aliphatic heterocycles. The lowest BCUT2D eigenvalue weighted by molar-refractivity contribution is -0.159. The molecule has 0 bridgehead atoms. The zero-order chi connectivity index (χ0) is 17.3. The summed E-state index contributed by atoms with van der Waals surface area (Å²) < 4.78 is 11.5. The highest BCUT2D eigenvalue weighted by atomic mass is 16.5. The molecule has 0 amide bonds. The fraction of sp³-hybridized carbons (Fsp3) is 0.550. The Morgan fingerprint density at radius 2 is 2.17 bits per heavy atom. The van der Waals surface area contributed by atoms with Crippen molar-refractivity contribution in [2.45, 2.75) is 52.6 Å². The Balaban J connectivity index is 2.16. The van der Waals surface area contributed by atoms with Gasteiger partial charge in [0.15, 0.2) is 0 Å². The number of rotatable bonds is 5. The SMILES string of the molecule is CCOC(=O)CC1(C(C)C)OCCc2c1[nH]c1c(CC)cccc21. The van der Waals surface area contributed by atoms with Crippen LogP contribution in [0.4, 0.5) is 0 Å². The largest absolute Gasteiger partial charge is 0.466 e. The van der Waals surface area contributed by atoms with Crippen molar-refractivity contribution in [3.05, 3.63) is 35.0 Å². The summed E-state index contributed by atoms with van der Waals surface area (Å²) >= 11 is 0. The van der Waals surface area contributed by atoms with E-state index in [-0.39, 0.29) is 18.3 Å². The van der Waals surface area contributed by atoms with E-state index in [1.807, 2.05) is 6.92 Å². The van der Waals surface area contributed by atoms with E-state index in [0.29, 0.717) is 13.2 Å². The Kier molecular flexibility index (Phi) is 4.68. The van der Waals surface area contributed by atoms with E-state index in [0.717, 1.165) is 18.5 Å². The van der Waals surface area contributed by atoms with Crippen LogP contribution in [0.2, 0.25) is 0 Å². The molecule has 130 valence electrons. The summed E-state index contributed by atoms with van der Waals surface area (Å²) in [6, 6.07) is 6.45. The smallest absolute Gasteiger partial charge is 0.309 e. The van der Waals surface area contributed by atoms with Crippen LogP contribution < -0.4 is 0 Å². The molecule has 1 N–H and O–H groups in total. The molecule has 0 fully saturated rings. The van der Waals surface area contributed by atoms with Crippen molar-refractivity contribution in [1.29, 1.82) is 0 Å². The summed E-state index contributed by atoms with van der Waals surface area (Å²) in [5, 5.41) is 1.27. The van der Waals surface area contributed by atoms with Crippen molar-refractivity contribution in [3.63, 3.8) is 0 Å². The van der Waals surface area contributed by atoms with Crippen molar-refractivity contribution in [3.8, 4) is 0 Å². The molecule has 1 aromatic carbocycles. The van der Waals surface area contributed by atoms with Crippen LogP contribution in [0.3, 0.4) is 0 Å². The molecule has 4 nitrogen and oxygen atoms in total. The molecule has 0 saturated heterocycles. The van der Waals surface area contributed by atoms with Crippen LogP contribution in [0.25, 0.3) is 10.9 Å². The highest BCUT2D eigenvalue weighted by molar-refractivity contribution is 5.88. The van der Waals surface area contributed by atoms with E-state index < -0.39 is 5.60 Å². The number of para-hydroxylation sites is 1. The minimum atomic E-state index is -0.635. The van der Waals surface area contributed by atoms with E-state index in [1.165, 1.54) is 22.0 Å². The average molecular weight is 329 g/mol. The number of benzene rings is 1. The van der Waals surface area contributed by atoms with Gasteiger partial charge in [-0.2, -0.15) is 0 Å². The number of ether oxygens (including phenoxy) is 2. The highest BCUT2D eigenvalue weighted by Crippen LogP contribution is 2.44. The number of hydrogen-bond acceptors (Lipinski definition) is 3. The van der Waals surface area contributed by atoms with Crippen LogP contribution in [0.5, 0.6) is 0 Å². The van der Waals surface area contributed by atoms with Gasteiger partial charge in [-0.05, 0) is 36.8 Å². The van der Waals surface area contributed by atoms with Gasteiger partial charge in [0, 0.05) is 10.9 Å². The molecule has 2 aromatic rings. The third-order valence-electron chi connectivity index (χ3n) is 5.19. The Morgan fingerprint density at radius 3 is 2.83 bits per heavy atom. The van der Waals surface area contributed by atoms with Crippen LogP contribution in [0.1, 0.15) is 50.9 Å². The first kappa shape index (κ1) is 17.0. The second-order valence-electron chi connectivity index (χ2n) is 6.80. The molecule has 2 heterocycles.